The van der Waals surface area contributed by atoms with Gasteiger partial charge in [0.25, 0.3) is 0 Å². The first kappa shape index (κ1) is 13.2. The van der Waals surface area contributed by atoms with E-state index in [-0.39, 0.29) is 12.0 Å². The first-order valence-corrected chi connectivity index (χ1v) is 7.13. The molecule has 0 aromatic heterocycles. The summed E-state index contributed by atoms with van der Waals surface area (Å²) in [5.74, 6) is 1.62. The Morgan fingerprint density at radius 2 is 2.25 bits per heavy atom. The number of rotatable bonds is 4. The highest BCUT2D eigenvalue weighted by Gasteiger charge is 2.23. The van der Waals surface area contributed by atoms with Crippen LogP contribution < -0.4 is 19.7 Å². The number of methoxy groups -OCH3 is 1. The Balaban J connectivity index is 1.79. The first-order chi connectivity index (χ1) is 9.78. The van der Waals surface area contributed by atoms with Gasteiger partial charge in [0.15, 0.2) is 11.5 Å². The van der Waals surface area contributed by atoms with E-state index in [9.17, 15) is 4.79 Å². The second-order valence-electron chi connectivity index (χ2n) is 5.22. The van der Waals surface area contributed by atoms with Crippen molar-refractivity contribution < 1.29 is 14.3 Å². The van der Waals surface area contributed by atoms with Crippen LogP contribution >= 0.6 is 0 Å². The molecule has 2 aliphatic heterocycles. The van der Waals surface area contributed by atoms with E-state index in [0.29, 0.717) is 12.2 Å². The molecule has 20 heavy (non-hydrogen) atoms. The van der Waals surface area contributed by atoms with Gasteiger partial charge in [0.2, 0.25) is 5.91 Å². The van der Waals surface area contributed by atoms with Gasteiger partial charge in [-0.1, -0.05) is 0 Å². The Bertz CT molecular complexity index is 498. The van der Waals surface area contributed by atoms with E-state index in [1.807, 2.05) is 23.1 Å². The van der Waals surface area contributed by atoms with Crippen LogP contribution in [0.3, 0.4) is 0 Å². The third kappa shape index (κ3) is 2.58. The van der Waals surface area contributed by atoms with E-state index >= 15 is 0 Å². The van der Waals surface area contributed by atoms with Crippen molar-refractivity contribution in [3.63, 3.8) is 0 Å². The quantitative estimate of drug-likeness (QED) is 0.907. The summed E-state index contributed by atoms with van der Waals surface area (Å²) in [5.41, 5.74) is 0.890. The lowest BCUT2D eigenvalue weighted by Gasteiger charge is -2.20. The normalized spacial score (nSPS) is 22.4. The monoisotopic (exact) mass is 276 g/mol. The van der Waals surface area contributed by atoms with E-state index < -0.39 is 0 Å². The third-order valence-corrected chi connectivity index (χ3v) is 3.84. The Hall–Kier alpha value is -1.75. The molecule has 2 fully saturated rings. The van der Waals surface area contributed by atoms with Gasteiger partial charge in [-0.25, -0.2) is 0 Å². The number of amides is 1. The van der Waals surface area contributed by atoms with Gasteiger partial charge in [-0.05, 0) is 31.5 Å². The Morgan fingerprint density at radius 1 is 1.35 bits per heavy atom. The second kappa shape index (κ2) is 5.71. The lowest BCUT2D eigenvalue weighted by atomic mass is 10.2. The van der Waals surface area contributed by atoms with Crippen LogP contribution in [-0.4, -0.2) is 38.8 Å². The minimum absolute atomic E-state index is 0.181. The molecule has 0 radical (unpaired) electrons. The van der Waals surface area contributed by atoms with Crippen molar-refractivity contribution in [3.8, 4) is 11.5 Å². The van der Waals surface area contributed by atoms with Gasteiger partial charge in [0.1, 0.15) is 6.10 Å². The summed E-state index contributed by atoms with van der Waals surface area (Å²) in [7, 11) is 1.63. The molecule has 108 valence electrons. The fourth-order valence-corrected chi connectivity index (χ4v) is 2.75. The number of nitrogens with zero attached hydrogens (tertiary/aromatic N) is 1. The van der Waals surface area contributed by atoms with Crippen LogP contribution in [0.1, 0.15) is 19.3 Å². The van der Waals surface area contributed by atoms with E-state index in [0.717, 1.165) is 43.9 Å². The summed E-state index contributed by atoms with van der Waals surface area (Å²) < 4.78 is 11.4. The molecule has 2 saturated heterocycles. The number of hydrogen-bond donors (Lipinski definition) is 1. The number of carbonyl (C=O) groups is 1. The van der Waals surface area contributed by atoms with Crippen LogP contribution in [0, 0.1) is 0 Å². The number of carbonyl (C=O) groups excluding carboxylic acids is 1. The van der Waals surface area contributed by atoms with Gasteiger partial charge in [-0.2, -0.15) is 0 Å². The Kier molecular flexibility index (Phi) is 3.78. The summed E-state index contributed by atoms with van der Waals surface area (Å²) in [6, 6.07) is 5.72. The average molecular weight is 276 g/mol. The molecule has 1 atom stereocenters. The predicted molar refractivity (Wildman–Crippen MR) is 76.5 cm³/mol. The van der Waals surface area contributed by atoms with Crippen LogP contribution in [0.15, 0.2) is 18.2 Å². The lowest BCUT2D eigenvalue weighted by molar-refractivity contribution is -0.117. The van der Waals surface area contributed by atoms with E-state index in [2.05, 4.69) is 5.32 Å². The van der Waals surface area contributed by atoms with Crippen molar-refractivity contribution in [2.75, 3.05) is 31.6 Å². The molecular weight excluding hydrogens is 256 g/mol. The molecule has 1 amide bonds. The molecule has 0 spiro atoms. The standard InChI is InChI=1S/C15H20N2O3/c1-19-14-9-11(17-8-2-3-15(17)18)4-5-13(14)20-12-6-7-16-10-12/h4-5,9,12,16H,2-3,6-8,10H2,1H3/t12-/m0/s1. The molecule has 0 bridgehead atoms. The molecule has 2 aliphatic rings. The highest BCUT2D eigenvalue weighted by Crippen LogP contribution is 2.34. The highest BCUT2D eigenvalue weighted by atomic mass is 16.5. The zero-order chi connectivity index (χ0) is 13.9. The fourth-order valence-electron chi connectivity index (χ4n) is 2.75. The van der Waals surface area contributed by atoms with Gasteiger partial charge < -0.3 is 19.7 Å². The van der Waals surface area contributed by atoms with E-state index in [1.54, 1.807) is 7.11 Å². The molecule has 0 unspecified atom stereocenters. The smallest absolute Gasteiger partial charge is 0.227 e. The molecule has 3 rings (SSSR count). The van der Waals surface area contributed by atoms with Crippen LogP contribution in [0.25, 0.3) is 0 Å². The van der Waals surface area contributed by atoms with Crippen molar-refractivity contribution in [1.82, 2.24) is 5.32 Å². The van der Waals surface area contributed by atoms with Crippen molar-refractivity contribution in [1.29, 1.82) is 0 Å². The highest BCUT2D eigenvalue weighted by molar-refractivity contribution is 5.95. The number of hydrogen-bond acceptors (Lipinski definition) is 4. The van der Waals surface area contributed by atoms with Gasteiger partial charge in [-0.3, -0.25) is 4.79 Å². The molecule has 0 saturated carbocycles. The predicted octanol–water partition coefficient (Wildman–Crippen LogP) is 1.56. The minimum Gasteiger partial charge on any atom is -0.493 e. The molecule has 5 nitrogen and oxygen atoms in total. The maximum Gasteiger partial charge on any atom is 0.227 e. The van der Waals surface area contributed by atoms with Gasteiger partial charge >= 0.3 is 0 Å². The van der Waals surface area contributed by atoms with Gasteiger partial charge in [0.05, 0.1) is 7.11 Å². The van der Waals surface area contributed by atoms with Gasteiger partial charge in [0, 0.05) is 31.3 Å². The number of anilines is 1. The van der Waals surface area contributed by atoms with Crippen molar-refractivity contribution in [2.24, 2.45) is 0 Å². The van der Waals surface area contributed by atoms with Crippen LogP contribution in [0.2, 0.25) is 0 Å². The average Bonchev–Trinajstić information content (AvgIpc) is 3.11. The van der Waals surface area contributed by atoms with Crippen LogP contribution in [0.4, 0.5) is 5.69 Å². The van der Waals surface area contributed by atoms with E-state index in [1.165, 1.54) is 0 Å². The zero-order valence-corrected chi connectivity index (χ0v) is 11.7. The molecule has 1 aromatic carbocycles. The molecule has 1 aromatic rings. The SMILES string of the molecule is COc1cc(N2CCCC2=O)ccc1O[C@H]1CCNC1. The topological polar surface area (TPSA) is 50.8 Å². The third-order valence-electron chi connectivity index (χ3n) is 3.84. The number of nitrogens with one attached hydrogen (secondary N) is 1. The van der Waals surface area contributed by atoms with Crippen molar-refractivity contribution >= 4 is 11.6 Å². The Morgan fingerprint density at radius 3 is 2.90 bits per heavy atom. The molecule has 5 heteroatoms. The van der Waals surface area contributed by atoms with Crippen LogP contribution in [-0.2, 0) is 4.79 Å². The summed E-state index contributed by atoms with van der Waals surface area (Å²) in [5, 5.41) is 3.27. The molecule has 2 heterocycles. The Labute approximate surface area is 118 Å². The summed E-state index contributed by atoms with van der Waals surface area (Å²) in [6.45, 7) is 2.65. The second-order valence-corrected chi connectivity index (χ2v) is 5.22. The van der Waals surface area contributed by atoms with E-state index in [4.69, 9.17) is 9.47 Å². The minimum atomic E-state index is 0.181. The molecular formula is C15H20N2O3. The van der Waals surface area contributed by atoms with Crippen LogP contribution in [0.5, 0.6) is 11.5 Å². The summed E-state index contributed by atoms with van der Waals surface area (Å²) in [4.78, 5) is 13.6. The van der Waals surface area contributed by atoms with Gasteiger partial charge in [-0.15, -0.1) is 0 Å². The van der Waals surface area contributed by atoms with Crippen molar-refractivity contribution in [3.05, 3.63) is 18.2 Å². The maximum absolute atomic E-state index is 11.8. The van der Waals surface area contributed by atoms with Crippen molar-refractivity contribution in [2.45, 2.75) is 25.4 Å². The number of benzene rings is 1. The fraction of sp³-hybridized carbons (Fsp3) is 0.533. The summed E-state index contributed by atoms with van der Waals surface area (Å²) in [6.07, 6.45) is 2.76. The molecule has 0 aliphatic carbocycles. The maximum atomic E-state index is 11.8. The largest absolute Gasteiger partial charge is 0.493 e. The first-order valence-electron chi connectivity index (χ1n) is 7.13. The number of ether oxygens (including phenoxy) is 2. The lowest BCUT2D eigenvalue weighted by Crippen LogP contribution is -2.24. The molecule has 1 N–H and O–H groups in total. The zero-order valence-electron chi connectivity index (χ0n) is 11.7. The summed E-state index contributed by atoms with van der Waals surface area (Å²) >= 11 is 0.